The lowest BCUT2D eigenvalue weighted by Crippen LogP contribution is -2.43. The Morgan fingerprint density at radius 3 is 2.58 bits per heavy atom. The normalized spacial score (nSPS) is 16.4. The Morgan fingerprint density at radius 2 is 2.05 bits per heavy atom. The van der Waals surface area contributed by atoms with Crippen molar-refractivity contribution in [2.24, 2.45) is 11.7 Å². The molecule has 0 saturated heterocycles. The van der Waals surface area contributed by atoms with Gasteiger partial charge in [0.25, 0.3) is 0 Å². The number of carbonyl (C=O) groups is 1. The van der Waals surface area contributed by atoms with E-state index < -0.39 is 0 Å². The highest BCUT2D eigenvalue weighted by molar-refractivity contribution is 5.92. The molecular formula is C15H23N3O. The first-order valence-electron chi connectivity index (χ1n) is 6.87. The molecule has 1 unspecified atom stereocenters. The van der Waals surface area contributed by atoms with Gasteiger partial charge >= 0.3 is 0 Å². The van der Waals surface area contributed by atoms with Gasteiger partial charge in [0.15, 0.2) is 0 Å². The monoisotopic (exact) mass is 261 g/mol. The van der Waals surface area contributed by atoms with E-state index in [2.05, 4.69) is 10.2 Å². The van der Waals surface area contributed by atoms with Crippen LogP contribution in [0.4, 0.5) is 5.69 Å². The summed E-state index contributed by atoms with van der Waals surface area (Å²) >= 11 is 0. The van der Waals surface area contributed by atoms with E-state index in [1.54, 1.807) is 0 Å². The van der Waals surface area contributed by atoms with Crippen LogP contribution in [0.25, 0.3) is 0 Å². The lowest BCUT2D eigenvalue weighted by molar-refractivity contribution is -0.117. The summed E-state index contributed by atoms with van der Waals surface area (Å²) in [5.41, 5.74) is 7.82. The lowest BCUT2D eigenvalue weighted by atomic mass is 10.1. The van der Waals surface area contributed by atoms with E-state index in [9.17, 15) is 4.79 Å². The van der Waals surface area contributed by atoms with Gasteiger partial charge < -0.3 is 11.1 Å². The number of nitrogens with zero attached hydrogens (tertiary/aromatic N) is 1. The lowest BCUT2D eigenvalue weighted by Gasteiger charge is -2.26. The van der Waals surface area contributed by atoms with Crippen molar-refractivity contribution in [1.82, 2.24) is 4.90 Å². The number of anilines is 1. The van der Waals surface area contributed by atoms with Gasteiger partial charge in [-0.1, -0.05) is 17.7 Å². The van der Waals surface area contributed by atoms with Crippen LogP contribution in [0.1, 0.15) is 18.4 Å². The van der Waals surface area contributed by atoms with Gasteiger partial charge in [-0.2, -0.15) is 0 Å². The molecular weight excluding hydrogens is 238 g/mol. The summed E-state index contributed by atoms with van der Waals surface area (Å²) in [5, 5.41) is 2.92. The third-order valence-corrected chi connectivity index (χ3v) is 3.70. The summed E-state index contributed by atoms with van der Waals surface area (Å²) in [6.45, 7) is 3.05. The first kappa shape index (κ1) is 14.0. The molecule has 1 aliphatic carbocycles. The molecule has 1 fully saturated rings. The molecule has 1 aromatic carbocycles. The second-order valence-corrected chi connectivity index (χ2v) is 5.47. The molecule has 0 bridgehead atoms. The molecule has 2 rings (SSSR count). The average Bonchev–Trinajstić information content (AvgIpc) is 3.17. The average molecular weight is 261 g/mol. The number of benzene rings is 1. The van der Waals surface area contributed by atoms with E-state index >= 15 is 0 Å². The third-order valence-electron chi connectivity index (χ3n) is 3.70. The van der Waals surface area contributed by atoms with E-state index in [1.165, 1.54) is 18.4 Å². The number of nitrogens with two attached hydrogens (primary N) is 1. The fourth-order valence-electron chi connectivity index (χ4n) is 2.39. The van der Waals surface area contributed by atoms with Crippen molar-refractivity contribution in [2.75, 3.05) is 25.5 Å². The van der Waals surface area contributed by atoms with Crippen LogP contribution >= 0.6 is 0 Å². The first-order valence-corrected chi connectivity index (χ1v) is 6.87. The van der Waals surface area contributed by atoms with Gasteiger partial charge in [-0.25, -0.2) is 0 Å². The maximum absolute atomic E-state index is 12.0. The van der Waals surface area contributed by atoms with Crippen molar-refractivity contribution in [3.05, 3.63) is 29.8 Å². The van der Waals surface area contributed by atoms with E-state index in [0.717, 1.165) is 5.69 Å². The van der Waals surface area contributed by atoms with Crippen molar-refractivity contribution in [1.29, 1.82) is 0 Å². The van der Waals surface area contributed by atoms with Crippen molar-refractivity contribution < 1.29 is 4.79 Å². The second-order valence-electron chi connectivity index (χ2n) is 5.47. The molecule has 104 valence electrons. The molecule has 0 aromatic heterocycles. The van der Waals surface area contributed by atoms with E-state index in [4.69, 9.17) is 5.73 Å². The Balaban J connectivity index is 1.84. The Labute approximate surface area is 115 Å². The fraction of sp³-hybridized carbons (Fsp3) is 0.533. The fourth-order valence-corrected chi connectivity index (χ4v) is 2.39. The maximum Gasteiger partial charge on any atom is 0.238 e. The minimum absolute atomic E-state index is 0.0189. The number of aryl methyl sites for hydroxylation is 1. The van der Waals surface area contributed by atoms with Gasteiger partial charge in [0, 0.05) is 18.3 Å². The summed E-state index contributed by atoms with van der Waals surface area (Å²) in [6, 6.07) is 8.17. The zero-order valence-electron chi connectivity index (χ0n) is 11.7. The minimum Gasteiger partial charge on any atom is -0.329 e. The Kier molecular flexibility index (Phi) is 4.56. The first-order chi connectivity index (χ1) is 9.10. The van der Waals surface area contributed by atoms with Crippen molar-refractivity contribution in [2.45, 2.75) is 25.8 Å². The minimum atomic E-state index is 0.0189. The van der Waals surface area contributed by atoms with E-state index in [0.29, 0.717) is 25.0 Å². The number of nitrogens with one attached hydrogen (secondary N) is 1. The van der Waals surface area contributed by atoms with Crippen LogP contribution < -0.4 is 11.1 Å². The van der Waals surface area contributed by atoms with Gasteiger partial charge in [0.2, 0.25) is 5.91 Å². The van der Waals surface area contributed by atoms with Crippen LogP contribution in [-0.4, -0.2) is 37.0 Å². The Hall–Kier alpha value is -1.39. The molecule has 4 nitrogen and oxygen atoms in total. The second kappa shape index (κ2) is 6.17. The van der Waals surface area contributed by atoms with Gasteiger partial charge in [-0.3, -0.25) is 9.69 Å². The third kappa shape index (κ3) is 4.04. The summed E-state index contributed by atoms with van der Waals surface area (Å²) in [7, 11) is 1.98. The van der Waals surface area contributed by atoms with Crippen molar-refractivity contribution in [3.63, 3.8) is 0 Å². The maximum atomic E-state index is 12.0. The zero-order valence-corrected chi connectivity index (χ0v) is 11.7. The number of rotatable bonds is 6. The van der Waals surface area contributed by atoms with E-state index in [-0.39, 0.29) is 5.91 Å². The largest absolute Gasteiger partial charge is 0.329 e. The van der Waals surface area contributed by atoms with E-state index in [1.807, 2.05) is 38.2 Å². The van der Waals surface area contributed by atoms with Gasteiger partial charge in [-0.05, 0) is 44.9 Å². The highest BCUT2D eigenvalue weighted by Crippen LogP contribution is 2.34. The quantitative estimate of drug-likeness (QED) is 0.818. The van der Waals surface area contributed by atoms with Crippen LogP contribution in [0.15, 0.2) is 24.3 Å². The number of amides is 1. The number of hydrogen-bond donors (Lipinski definition) is 2. The summed E-state index contributed by atoms with van der Waals surface area (Å²) in [5.74, 6) is 0.702. The van der Waals surface area contributed by atoms with Gasteiger partial charge in [-0.15, -0.1) is 0 Å². The van der Waals surface area contributed by atoms with Crippen molar-refractivity contribution >= 4 is 11.6 Å². The number of carbonyl (C=O) groups excluding carboxylic acids is 1. The summed E-state index contributed by atoms with van der Waals surface area (Å²) < 4.78 is 0. The molecule has 1 atom stereocenters. The Bertz CT molecular complexity index is 426. The molecule has 1 amide bonds. The topological polar surface area (TPSA) is 58.4 Å². The van der Waals surface area contributed by atoms with Crippen LogP contribution in [0, 0.1) is 12.8 Å². The SMILES string of the molecule is Cc1ccc(NC(=O)CN(C)C(CN)C2CC2)cc1. The van der Waals surface area contributed by atoms with Crippen LogP contribution in [0.5, 0.6) is 0 Å². The van der Waals surface area contributed by atoms with Gasteiger partial charge in [0.1, 0.15) is 0 Å². The molecule has 1 aliphatic rings. The van der Waals surface area contributed by atoms with Crippen LogP contribution in [0.2, 0.25) is 0 Å². The molecule has 0 spiro atoms. The molecule has 1 saturated carbocycles. The molecule has 0 radical (unpaired) electrons. The zero-order chi connectivity index (χ0) is 13.8. The standard InChI is InChI=1S/C15H23N3O/c1-11-3-7-13(8-4-11)17-15(19)10-18(2)14(9-16)12-5-6-12/h3-4,7-8,12,14H,5-6,9-10,16H2,1-2H3,(H,17,19). The highest BCUT2D eigenvalue weighted by atomic mass is 16.2. The highest BCUT2D eigenvalue weighted by Gasteiger charge is 2.33. The van der Waals surface area contributed by atoms with Crippen molar-refractivity contribution in [3.8, 4) is 0 Å². The smallest absolute Gasteiger partial charge is 0.238 e. The molecule has 19 heavy (non-hydrogen) atoms. The molecule has 0 heterocycles. The molecule has 0 aliphatic heterocycles. The molecule has 1 aromatic rings. The van der Waals surface area contributed by atoms with Gasteiger partial charge in [0.05, 0.1) is 6.54 Å². The number of hydrogen-bond acceptors (Lipinski definition) is 3. The number of likely N-dealkylation sites (N-methyl/N-ethyl adjacent to an activating group) is 1. The van der Waals surface area contributed by atoms with Crippen LogP contribution in [-0.2, 0) is 4.79 Å². The summed E-state index contributed by atoms with van der Waals surface area (Å²) in [4.78, 5) is 14.0. The predicted octanol–water partition coefficient (Wildman–Crippen LogP) is 1.60. The Morgan fingerprint density at radius 1 is 1.42 bits per heavy atom. The van der Waals surface area contributed by atoms with Crippen LogP contribution in [0.3, 0.4) is 0 Å². The molecule has 4 heteroatoms. The molecule has 3 N–H and O–H groups in total. The predicted molar refractivity (Wildman–Crippen MR) is 78.0 cm³/mol. The summed E-state index contributed by atoms with van der Waals surface area (Å²) in [6.07, 6.45) is 2.48.